The lowest BCUT2D eigenvalue weighted by molar-refractivity contribution is 0.123. The van der Waals surface area contributed by atoms with Gasteiger partial charge < -0.3 is 29.7 Å². The topological polar surface area (TPSA) is 80.8 Å². The Morgan fingerprint density at radius 2 is 1.76 bits per heavy atom. The van der Waals surface area contributed by atoms with Crippen LogP contribution in [0.25, 0.3) is 0 Å². The molecule has 8 heteroatoms. The van der Waals surface area contributed by atoms with Crippen molar-refractivity contribution in [1.82, 2.24) is 9.97 Å². The van der Waals surface area contributed by atoms with Gasteiger partial charge in [-0.2, -0.15) is 4.98 Å². The Morgan fingerprint density at radius 3 is 2.69 bits per heavy atom. The normalized spacial score (nSPS) is 15.2. The van der Waals surface area contributed by atoms with Gasteiger partial charge in [0, 0.05) is 31.0 Å². The fraction of sp³-hybridized carbons (Fsp3) is 0.238. The molecule has 3 aromatic rings. The van der Waals surface area contributed by atoms with Crippen LogP contribution in [0.3, 0.4) is 0 Å². The molecular weight excluding hydrogens is 370 g/mol. The van der Waals surface area contributed by atoms with E-state index in [2.05, 4.69) is 37.6 Å². The van der Waals surface area contributed by atoms with Gasteiger partial charge in [-0.05, 0) is 30.3 Å². The summed E-state index contributed by atoms with van der Waals surface area (Å²) in [5.74, 6) is 2.66. The van der Waals surface area contributed by atoms with Crippen LogP contribution in [0.1, 0.15) is 0 Å². The van der Waals surface area contributed by atoms with Crippen LogP contribution in [-0.2, 0) is 4.74 Å². The lowest BCUT2D eigenvalue weighted by Crippen LogP contribution is -2.36. The van der Waals surface area contributed by atoms with Gasteiger partial charge in [-0.3, -0.25) is 0 Å². The molecule has 2 N–H and O–H groups in total. The van der Waals surface area contributed by atoms with Gasteiger partial charge in [0.1, 0.15) is 5.82 Å². The summed E-state index contributed by atoms with van der Waals surface area (Å²) in [6.07, 6.45) is 1.72. The van der Waals surface area contributed by atoms with Crippen molar-refractivity contribution in [2.24, 2.45) is 0 Å². The second-order valence-corrected chi connectivity index (χ2v) is 6.70. The molecule has 1 fully saturated rings. The summed E-state index contributed by atoms with van der Waals surface area (Å²) < 4.78 is 16.2. The quantitative estimate of drug-likeness (QED) is 0.684. The number of rotatable bonds is 5. The molecule has 2 aliphatic rings. The first-order valence-corrected chi connectivity index (χ1v) is 9.54. The number of ether oxygens (including phenoxy) is 3. The molecule has 2 aliphatic heterocycles. The minimum absolute atomic E-state index is 0.247. The molecule has 1 saturated heterocycles. The summed E-state index contributed by atoms with van der Waals surface area (Å²) in [6.45, 7) is 3.48. The minimum atomic E-state index is 0.247. The van der Waals surface area contributed by atoms with Crippen molar-refractivity contribution in [3.8, 4) is 11.5 Å². The van der Waals surface area contributed by atoms with Crippen molar-refractivity contribution >= 4 is 28.8 Å². The molecule has 29 heavy (non-hydrogen) atoms. The Bertz CT molecular complexity index is 1010. The number of para-hydroxylation sites is 2. The molecule has 3 heterocycles. The van der Waals surface area contributed by atoms with Crippen LogP contribution in [0.5, 0.6) is 11.5 Å². The van der Waals surface area contributed by atoms with Gasteiger partial charge >= 0.3 is 0 Å². The first kappa shape index (κ1) is 17.6. The zero-order valence-electron chi connectivity index (χ0n) is 15.8. The van der Waals surface area contributed by atoms with E-state index in [4.69, 9.17) is 14.2 Å². The Balaban J connectivity index is 1.34. The average Bonchev–Trinajstić information content (AvgIpc) is 3.23. The highest BCUT2D eigenvalue weighted by Gasteiger charge is 2.16. The van der Waals surface area contributed by atoms with Crippen molar-refractivity contribution in [3.05, 3.63) is 54.7 Å². The van der Waals surface area contributed by atoms with Crippen LogP contribution in [-0.4, -0.2) is 43.1 Å². The highest BCUT2D eigenvalue weighted by atomic mass is 16.7. The highest BCUT2D eigenvalue weighted by Crippen LogP contribution is 2.35. The number of morpholine rings is 1. The van der Waals surface area contributed by atoms with Gasteiger partial charge in [0.15, 0.2) is 11.5 Å². The Kier molecular flexibility index (Phi) is 4.75. The van der Waals surface area contributed by atoms with Crippen LogP contribution < -0.4 is 25.0 Å². The fourth-order valence-corrected chi connectivity index (χ4v) is 3.39. The van der Waals surface area contributed by atoms with Crippen LogP contribution in [0, 0.1) is 0 Å². The summed E-state index contributed by atoms with van der Waals surface area (Å²) in [5.41, 5.74) is 2.97. The second kappa shape index (κ2) is 7.84. The molecule has 0 unspecified atom stereocenters. The molecule has 8 nitrogen and oxygen atoms in total. The maximum absolute atomic E-state index is 5.47. The number of hydrogen-bond donors (Lipinski definition) is 2. The molecular formula is C21H21N5O3. The van der Waals surface area contributed by atoms with Crippen LogP contribution in [0.2, 0.25) is 0 Å². The summed E-state index contributed by atoms with van der Waals surface area (Å²) in [4.78, 5) is 11.2. The molecule has 0 amide bonds. The van der Waals surface area contributed by atoms with Gasteiger partial charge in [-0.25, -0.2) is 4.98 Å². The third kappa shape index (κ3) is 3.88. The average molecular weight is 391 g/mol. The van der Waals surface area contributed by atoms with E-state index < -0.39 is 0 Å². The van der Waals surface area contributed by atoms with E-state index in [0.29, 0.717) is 17.5 Å². The van der Waals surface area contributed by atoms with Gasteiger partial charge in [0.05, 0.1) is 24.6 Å². The van der Waals surface area contributed by atoms with Gasteiger partial charge in [0.25, 0.3) is 0 Å². The van der Waals surface area contributed by atoms with E-state index in [1.807, 2.05) is 36.4 Å². The summed E-state index contributed by atoms with van der Waals surface area (Å²) >= 11 is 0. The van der Waals surface area contributed by atoms with Crippen LogP contribution >= 0.6 is 0 Å². The number of nitrogens with zero attached hydrogens (tertiary/aromatic N) is 3. The van der Waals surface area contributed by atoms with E-state index in [1.165, 1.54) is 0 Å². The molecule has 2 aromatic carbocycles. The molecule has 0 saturated carbocycles. The maximum Gasteiger partial charge on any atom is 0.231 e. The number of benzene rings is 2. The van der Waals surface area contributed by atoms with E-state index in [-0.39, 0.29) is 6.79 Å². The highest BCUT2D eigenvalue weighted by molar-refractivity contribution is 5.74. The van der Waals surface area contributed by atoms with Crippen molar-refractivity contribution in [2.75, 3.05) is 48.6 Å². The Labute approximate surface area is 168 Å². The Morgan fingerprint density at radius 1 is 0.897 bits per heavy atom. The van der Waals surface area contributed by atoms with Gasteiger partial charge in [-0.1, -0.05) is 12.1 Å². The van der Waals surface area contributed by atoms with E-state index >= 15 is 0 Å². The van der Waals surface area contributed by atoms with Crippen molar-refractivity contribution in [1.29, 1.82) is 0 Å². The van der Waals surface area contributed by atoms with E-state index in [0.717, 1.165) is 49.1 Å². The largest absolute Gasteiger partial charge is 0.454 e. The van der Waals surface area contributed by atoms with Crippen LogP contribution in [0.15, 0.2) is 54.7 Å². The zero-order chi connectivity index (χ0) is 19.5. The fourth-order valence-electron chi connectivity index (χ4n) is 3.39. The minimum Gasteiger partial charge on any atom is -0.454 e. The standard InChI is InChI=1S/C21H21N5O3/c1-2-4-17(26-9-11-27-12-10-26)16(3-1)24-20-7-8-22-21(25-20)23-15-5-6-18-19(13-15)29-14-28-18/h1-8,13H,9-12,14H2,(H2,22,23,24,25). The molecule has 0 bridgehead atoms. The zero-order valence-corrected chi connectivity index (χ0v) is 15.8. The van der Waals surface area contributed by atoms with Crippen molar-refractivity contribution in [2.45, 2.75) is 0 Å². The van der Waals surface area contributed by atoms with Crippen molar-refractivity contribution in [3.63, 3.8) is 0 Å². The first-order chi connectivity index (χ1) is 14.3. The van der Waals surface area contributed by atoms with Crippen LogP contribution in [0.4, 0.5) is 28.8 Å². The predicted octanol–water partition coefficient (Wildman–Crippen LogP) is 3.53. The summed E-state index contributed by atoms with van der Waals surface area (Å²) in [7, 11) is 0. The molecule has 1 aromatic heterocycles. The van der Waals surface area contributed by atoms with E-state index in [1.54, 1.807) is 6.20 Å². The molecule has 0 spiro atoms. The molecule has 5 rings (SSSR count). The molecule has 148 valence electrons. The lowest BCUT2D eigenvalue weighted by atomic mass is 10.2. The third-order valence-electron chi connectivity index (χ3n) is 4.80. The molecule has 0 radical (unpaired) electrons. The van der Waals surface area contributed by atoms with Gasteiger partial charge in [-0.15, -0.1) is 0 Å². The van der Waals surface area contributed by atoms with E-state index in [9.17, 15) is 0 Å². The number of aromatic nitrogens is 2. The smallest absolute Gasteiger partial charge is 0.231 e. The second-order valence-electron chi connectivity index (χ2n) is 6.70. The number of anilines is 5. The number of fused-ring (bicyclic) bond motifs is 1. The first-order valence-electron chi connectivity index (χ1n) is 9.54. The molecule has 0 aliphatic carbocycles. The maximum atomic E-state index is 5.47. The SMILES string of the molecule is c1ccc(N2CCOCC2)c(Nc2ccnc(Nc3ccc4c(c3)OCO4)n2)c1. The summed E-state index contributed by atoms with van der Waals surface area (Å²) in [6, 6.07) is 15.7. The number of hydrogen-bond acceptors (Lipinski definition) is 8. The summed E-state index contributed by atoms with van der Waals surface area (Å²) in [5, 5.41) is 6.63. The number of nitrogens with one attached hydrogen (secondary N) is 2. The van der Waals surface area contributed by atoms with Gasteiger partial charge in [0.2, 0.25) is 12.7 Å². The predicted molar refractivity (Wildman–Crippen MR) is 111 cm³/mol. The third-order valence-corrected chi connectivity index (χ3v) is 4.80. The Hall–Kier alpha value is -3.52. The lowest BCUT2D eigenvalue weighted by Gasteiger charge is -2.30. The van der Waals surface area contributed by atoms with Crippen molar-refractivity contribution < 1.29 is 14.2 Å². The monoisotopic (exact) mass is 391 g/mol. The molecule has 0 atom stereocenters.